The minimum atomic E-state index is 0.215. The van der Waals surface area contributed by atoms with Crippen LogP contribution in [-0.4, -0.2) is 23.9 Å². The van der Waals surface area contributed by atoms with Crippen LogP contribution in [0.2, 0.25) is 0 Å². The Labute approximate surface area is 102 Å². The summed E-state index contributed by atoms with van der Waals surface area (Å²) in [5, 5.41) is 0.838. The second kappa shape index (κ2) is 5.12. The first-order valence-electron chi connectivity index (χ1n) is 5.25. The molecule has 0 spiro atoms. The first-order chi connectivity index (χ1) is 7.31. The molecule has 1 aromatic heterocycles. The van der Waals surface area contributed by atoms with Gasteiger partial charge in [0.15, 0.2) is 0 Å². The van der Waals surface area contributed by atoms with Gasteiger partial charge < -0.3 is 4.90 Å². The van der Waals surface area contributed by atoms with Crippen LogP contribution in [-0.2, 0) is 5.33 Å². The van der Waals surface area contributed by atoms with Crippen LogP contribution < -0.4 is 0 Å². The number of carbonyl (C=O) groups is 1. The van der Waals surface area contributed by atoms with Crippen LogP contribution in [0.3, 0.4) is 0 Å². The zero-order valence-electron chi connectivity index (χ0n) is 8.54. The lowest BCUT2D eigenvalue weighted by Crippen LogP contribution is -2.35. The van der Waals surface area contributed by atoms with Crippen molar-refractivity contribution in [1.29, 1.82) is 0 Å². The summed E-state index contributed by atoms with van der Waals surface area (Å²) in [4.78, 5) is 16.1. The molecule has 1 amide bonds. The first-order valence-corrected chi connectivity index (χ1v) is 7.19. The molecule has 15 heavy (non-hydrogen) atoms. The fourth-order valence-corrected chi connectivity index (χ4v) is 3.17. The average molecular weight is 288 g/mol. The molecule has 1 aromatic rings. The van der Waals surface area contributed by atoms with Crippen LogP contribution in [0, 0.1) is 0 Å². The molecule has 0 aliphatic carbocycles. The number of piperidine rings is 1. The molecule has 1 aliphatic heterocycles. The van der Waals surface area contributed by atoms with E-state index >= 15 is 0 Å². The zero-order valence-corrected chi connectivity index (χ0v) is 10.9. The zero-order chi connectivity index (χ0) is 10.7. The monoisotopic (exact) mass is 287 g/mol. The van der Waals surface area contributed by atoms with E-state index in [1.807, 2.05) is 17.0 Å². The highest BCUT2D eigenvalue weighted by Gasteiger charge is 2.19. The van der Waals surface area contributed by atoms with Gasteiger partial charge in [0.2, 0.25) is 0 Å². The lowest BCUT2D eigenvalue weighted by atomic mass is 10.1. The van der Waals surface area contributed by atoms with Crippen molar-refractivity contribution < 1.29 is 4.79 Å². The maximum absolute atomic E-state index is 12.1. The number of hydrogen-bond acceptors (Lipinski definition) is 2. The average Bonchev–Trinajstić information content (AvgIpc) is 2.78. The van der Waals surface area contributed by atoms with E-state index in [1.54, 1.807) is 11.3 Å². The molecule has 82 valence electrons. The van der Waals surface area contributed by atoms with Crippen molar-refractivity contribution in [2.24, 2.45) is 0 Å². The number of likely N-dealkylation sites (tertiary alicyclic amines) is 1. The minimum Gasteiger partial charge on any atom is -0.338 e. The van der Waals surface area contributed by atoms with E-state index < -0.39 is 0 Å². The molecule has 1 aliphatic rings. The summed E-state index contributed by atoms with van der Waals surface area (Å²) in [6, 6.07) is 3.97. The summed E-state index contributed by atoms with van der Waals surface area (Å²) in [5.74, 6) is 0.215. The predicted molar refractivity (Wildman–Crippen MR) is 66.7 cm³/mol. The number of amides is 1. The van der Waals surface area contributed by atoms with Crippen molar-refractivity contribution in [3.63, 3.8) is 0 Å². The van der Waals surface area contributed by atoms with Gasteiger partial charge in [0.1, 0.15) is 0 Å². The van der Waals surface area contributed by atoms with Crippen molar-refractivity contribution in [1.82, 2.24) is 4.90 Å². The molecule has 1 fully saturated rings. The normalized spacial score (nSPS) is 16.7. The molecule has 0 N–H and O–H groups in total. The second-order valence-electron chi connectivity index (χ2n) is 3.75. The Morgan fingerprint density at radius 1 is 1.33 bits per heavy atom. The molecule has 0 atom stereocenters. The lowest BCUT2D eigenvalue weighted by Gasteiger charge is -2.26. The van der Waals surface area contributed by atoms with E-state index in [-0.39, 0.29) is 5.91 Å². The van der Waals surface area contributed by atoms with E-state index in [2.05, 4.69) is 15.9 Å². The van der Waals surface area contributed by atoms with Gasteiger partial charge in [0, 0.05) is 23.3 Å². The number of hydrogen-bond donors (Lipinski definition) is 0. The highest BCUT2D eigenvalue weighted by molar-refractivity contribution is 9.08. The highest BCUT2D eigenvalue weighted by atomic mass is 79.9. The van der Waals surface area contributed by atoms with E-state index in [1.165, 1.54) is 11.3 Å². The molecular formula is C11H14BrNOS. The number of rotatable bonds is 2. The summed E-state index contributed by atoms with van der Waals surface area (Å²) in [6.45, 7) is 1.86. The smallest absolute Gasteiger partial charge is 0.263 e. The molecule has 0 bridgehead atoms. The van der Waals surface area contributed by atoms with Crippen molar-refractivity contribution >= 4 is 33.2 Å². The van der Waals surface area contributed by atoms with E-state index in [9.17, 15) is 4.79 Å². The Kier molecular flexibility index (Phi) is 3.81. The molecule has 0 aromatic carbocycles. The van der Waals surface area contributed by atoms with Crippen LogP contribution in [0.5, 0.6) is 0 Å². The van der Waals surface area contributed by atoms with Gasteiger partial charge in [-0.25, -0.2) is 0 Å². The second-order valence-corrected chi connectivity index (χ2v) is 5.48. The number of carbonyl (C=O) groups excluding carboxylic acids is 1. The fraction of sp³-hybridized carbons (Fsp3) is 0.545. The Hall–Kier alpha value is -0.350. The van der Waals surface area contributed by atoms with Gasteiger partial charge in [-0.1, -0.05) is 15.9 Å². The topological polar surface area (TPSA) is 20.3 Å². The third-order valence-corrected chi connectivity index (χ3v) is 4.70. The van der Waals surface area contributed by atoms with Crippen LogP contribution in [0.1, 0.15) is 33.8 Å². The van der Waals surface area contributed by atoms with Gasteiger partial charge in [0.25, 0.3) is 5.91 Å². The standard InChI is InChI=1S/C11H14BrNOS/c12-8-9-4-5-10(15-9)11(14)13-6-2-1-3-7-13/h4-5H,1-3,6-8H2. The van der Waals surface area contributed by atoms with Crippen LogP contribution >= 0.6 is 27.3 Å². The maximum atomic E-state index is 12.1. The predicted octanol–water partition coefficient (Wildman–Crippen LogP) is 3.27. The molecule has 2 heterocycles. The van der Waals surface area contributed by atoms with Gasteiger partial charge in [-0.2, -0.15) is 0 Å². The van der Waals surface area contributed by atoms with Crippen molar-refractivity contribution in [3.8, 4) is 0 Å². The SMILES string of the molecule is O=C(c1ccc(CBr)s1)N1CCCCC1. The lowest BCUT2D eigenvalue weighted by molar-refractivity contribution is 0.0729. The maximum Gasteiger partial charge on any atom is 0.263 e. The van der Waals surface area contributed by atoms with Gasteiger partial charge in [-0.3, -0.25) is 4.79 Å². The molecule has 0 radical (unpaired) electrons. The largest absolute Gasteiger partial charge is 0.338 e. The van der Waals surface area contributed by atoms with Crippen LogP contribution in [0.4, 0.5) is 0 Å². The summed E-state index contributed by atoms with van der Waals surface area (Å²) in [7, 11) is 0. The molecular weight excluding hydrogens is 274 g/mol. The highest BCUT2D eigenvalue weighted by Crippen LogP contribution is 2.22. The minimum absolute atomic E-state index is 0.215. The molecule has 0 saturated carbocycles. The number of thiophene rings is 1. The summed E-state index contributed by atoms with van der Waals surface area (Å²) >= 11 is 5.00. The van der Waals surface area contributed by atoms with E-state index in [0.29, 0.717) is 0 Å². The summed E-state index contributed by atoms with van der Waals surface area (Å²) < 4.78 is 0. The van der Waals surface area contributed by atoms with Gasteiger partial charge in [-0.15, -0.1) is 11.3 Å². The fourth-order valence-electron chi connectivity index (χ4n) is 1.82. The van der Waals surface area contributed by atoms with Crippen molar-refractivity contribution in [2.75, 3.05) is 13.1 Å². The quantitative estimate of drug-likeness (QED) is 0.765. The molecule has 0 unspecified atom stereocenters. The van der Waals surface area contributed by atoms with Gasteiger partial charge >= 0.3 is 0 Å². The third-order valence-electron chi connectivity index (χ3n) is 2.65. The van der Waals surface area contributed by atoms with Crippen LogP contribution in [0.15, 0.2) is 12.1 Å². The third kappa shape index (κ3) is 2.61. The van der Waals surface area contributed by atoms with Crippen molar-refractivity contribution in [2.45, 2.75) is 24.6 Å². The number of halogens is 1. The Bertz CT molecular complexity index is 344. The van der Waals surface area contributed by atoms with Gasteiger partial charge in [0.05, 0.1) is 4.88 Å². The summed E-state index contributed by atoms with van der Waals surface area (Å²) in [6.07, 6.45) is 3.58. The van der Waals surface area contributed by atoms with Gasteiger partial charge in [-0.05, 0) is 31.4 Å². The molecule has 2 nitrogen and oxygen atoms in total. The summed E-state index contributed by atoms with van der Waals surface area (Å²) in [5.41, 5.74) is 0. The van der Waals surface area contributed by atoms with Crippen LogP contribution in [0.25, 0.3) is 0 Å². The Balaban J connectivity index is 2.05. The van der Waals surface area contributed by atoms with E-state index in [4.69, 9.17) is 0 Å². The Morgan fingerprint density at radius 3 is 2.67 bits per heavy atom. The number of alkyl halides is 1. The Morgan fingerprint density at radius 2 is 2.07 bits per heavy atom. The molecule has 2 rings (SSSR count). The number of nitrogens with zero attached hydrogens (tertiary/aromatic N) is 1. The first kappa shape index (κ1) is 11.1. The van der Waals surface area contributed by atoms with Crippen molar-refractivity contribution in [3.05, 3.63) is 21.9 Å². The molecule has 1 saturated heterocycles. The molecule has 4 heteroatoms. The van der Waals surface area contributed by atoms with E-state index in [0.717, 1.165) is 36.1 Å².